The van der Waals surface area contributed by atoms with Gasteiger partial charge in [-0.2, -0.15) is 15.0 Å². The number of hydrogen-bond acceptors (Lipinski definition) is 6. The first-order valence-corrected chi connectivity index (χ1v) is 9.69. The molecule has 0 radical (unpaired) electrons. The zero-order chi connectivity index (χ0) is 19.8. The summed E-state index contributed by atoms with van der Waals surface area (Å²) in [4.78, 5) is 28.9. The summed E-state index contributed by atoms with van der Waals surface area (Å²) >= 11 is 0. The largest absolute Gasteiger partial charge is 0.454 e. The van der Waals surface area contributed by atoms with Gasteiger partial charge in [0.25, 0.3) is 0 Å². The number of fused-ring (bicyclic) bond motifs is 2. The number of piperidine rings is 1. The van der Waals surface area contributed by atoms with E-state index in [0.29, 0.717) is 30.2 Å². The average molecular weight is 392 g/mol. The molecule has 1 unspecified atom stereocenters. The molecule has 0 N–H and O–H groups in total. The standard InChI is InChI=1S/C21H20N4O4/c26-20(12-25-22-16-5-1-2-6-17(16)23-25)24-9-3-4-15(11-24)21(27)14-7-8-18-19(10-14)29-13-28-18/h1-2,5-8,10,15H,3-4,9,11-13H2. The zero-order valence-corrected chi connectivity index (χ0v) is 15.8. The first-order chi connectivity index (χ1) is 14.2. The molecule has 2 aliphatic rings. The third-order valence-corrected chi connectivity index (χ3v) is 5.41. The van der Waals surface area contributed by atoms with E-state index in [4.69, 9.17) is 9.47 Å². The predicted octanol–water partition coefficient (Wildman–Crippen LogP) is 2.28. The smallest absolute Gasteiger partial charge is 0.246 e. The maximum absolute atomic E-state index is 13.0. The molecule has 1 saturated heterocycles. The van der Waals surface area contributed by atoms with Crippen LogP contribution >= 0.6 is 0 Å². The molecule has 148 valence electrons. The minimum absolute atomic E-state index is 0.0313. The molecule has 1 amide bonds. The second kappa shape index (κ2) is 7.20. The summed E-state index contributed by atoms with van der Waals surface area (Å²) < 4.78 is 10.7. The molecule has 1 aromatic heterocycles. The number of rotatable bonds is 4. The Labute approximate surface area is 167 Å². The number of amides is 1. The third-order valence-electron chi connectivity index (χ3n) is 5.41. The van der Waals surface area contributed by atoms with E-state index in [9.17, 15) is 9.59 Å². The van der Waals surface area contributed by atoms with E-state index in [2.05, 4.69) is 10.2 Å². The number of carbonyl (C=O) groups excluding carboxylic acids is 2. The summed E-state index contributed by atoms with van der Waals surface area (Å²) in [6.45, 7) is 1.30. The van der Waals surface area contributed by atoms with E-state index in [1.807, 2.05) is 24.3 Å². The Hall–Kier alpha value is -3.42. The summed E-state index contributed by atoms with van der Waals surface area (Å²) in [6.07, 6.45) is 1.56. The van der Waals surface area contributed by atoms with E-state index in [1.165, 1.54) is 4.80 Å². The fourth-order valence-electron chi connectivity index (χ4n) is 3.90. The number of ether oxygens (including phenoxy) is 2. The number of benzene rings is 2. The number of Topliss-reactive ketones (excluding diaryl/α,β-unsaturated/α-hetero) is 1. The number of nitrogens with zero attached hydrogens (tertiary/aromatic N) is 4. The Morgan fingerprint density at radius 2 is 1.79 bits per heavy atom. The Bertz CT molecular complexity index is 1060. The Kier molecular flexibility index (Phi) is 4.38. The van der Waals surface area contributed by atoms with Crippen LogP contribution in [0.1, 0.15) is 23.2 Å². The highest BCUT2D eigenvalue weighted by molar-refractivity contribution is 5.99. The van der Waals surface area contributed by atoms with Gasteiger partial charge in [0.15, 0.2) is 17.3 Å². The van der Waals surface area contributed by atoms with E-state index in [-0.39, 0.29) is 30.9 Å². The van der Waals surface area contributed by atoms with Gasteiger partial charge in [-0.25, -0.2) is 0 Å². The number of hydrogen-bond donors (Lipinski definition) is 0. The number of carbonyl (C=O) groups is 2. The van der Waals surface area contributed by atoms with Gasteiger partial charge < -0.3 is 14.4 Å². The third kappa shape index (κ3) is 3.41. The van der Waals surface area contributed by atoms with Crippen LogP contribution in [-0.2, 0) is 11.3 Å². The normalized spacial score (nSPS) is 18.2. The van der Waals surface area contributed by atoms with Crippen LogP contribution in [0.15, 0.2) is 42.5 Å². The zero-order valence-electron chi connectivity index (χ0n) is 15.8. The van der Waals surface area contributed by atoms with Crippen LogP contribution in [0.25, 0.3) is 11.0 Å². The highest BCUT2D eigenvalue weighted by Gasteiger charge is 2.30. The lowest BCUT2D eigenvalue weighted by molar-refractivity contribution is -0.133. The van der Waals surface area contributed by atoms with E-state index in [0.717, 1.165) is 23.9 Å². The minimum Gasteiger partial charge on any atom is -0.454 e. The van der Waals surface area contributed by atoms with Crippen molar-refractivity contribution >= 4 is 22.7 Å². The fourth-order valence-corrected chi connectivity index (χ4v) is 3.90. The van der Waals surface area contributed by atoms with Crippen LogP contribution in [0.2, 0.25) is 0 Å². The van der Waals surface area contributed by atoms with Crippen molar-refractivity contribution in [2.45, 2.75) is 19.4 Å². The molecule has 0 bridgehead atoms. The van der Waals surface area contributed by atoms with Crippen molar-refractivity contribution in [3.63, 3.8) is 0 Å². The highest BCUT2D eigenvalue weighted by Crippen LogP contribution is 2.33. The molecule has 0 spiro atoms. The maximum Gasteiger partial charge on any atom is 0.246 e. The Balaban J connectivity index is 1.27. The molecule has 8 heteroatoms. The summed E-state index contributed by atoms with van der Waals surface area (Å²) in [7, 11) is 0. The number of ketones is 1. The van der Waals surface area contributed by atoms with Crippen LogP contribution in [-0.4, -0.2) is 51.5 Å². The quantitative estimate of drug-likeness (QED) is 0.633. The van der Waals surface area contributed by atoms with Gasteiger partial charge in [0, 0.05) is 24.6 Å². The van der Waals surface area contributed by atoms with Crippen molar-refractivity contribution in [3.05, 3.63) is 48.0 Å². The average Bonchev–Trinajstić information content (AvgIpc) is 3.38. The summed E-state index contributed by atoms with van der Waals surface area (Å²) in [5, 5.41) is 8.70. The van der Waals surface area contributed by atoms with Crippen LogP contribution in [0, 0.1) is 5.92 Å². The van der Waals surface area contributed by atoms with Crippen molar-refractivity contribution < 1.29 is 19.1 Å². The second-order valence-corrected chi connectivity index (χ2v) is 7.33. The van der Waals surface area contributed by atoms with E-state index in [1.54, 1.807) is 23.1 Å². The predicted molar refractivity (Wildman–Crippen MR) is 104 cm³/mol. The van der Waals surface area contributed by atoms with Crippen molar-refractivity contribution in [3.8, 4) is 11.5 Å². The topological polar surface area (TPSA) is 86.5 Å². The summed E-state index contributed by atoms with van der Waals surface area (Å²) in [5.41, 5.74) is 2.11. The van der Waals surface area contributed by atoms with E-state index < -0.39 is 0 Å². The minimum atomic E-state index is -0.224. The molecular weight excluding hydrogens is 372 g/mol. The van der Waals surface area contributed by atoms with Gasteiger partial charge in [0.2, 0.25) is 12.7 Å². The number of aromatic nitrogens is 3. The molecule has 0 aliphatic carbocycles. The van der Waals surface area contributed by atoms with Crippen molar-refractivity contribution in [2.24, 2.45) is 5.92 Å². The van der Waals surface area contributed by atoms with Gasteiger partial charge in [0.1, 0.15) is 17.6 Å². The summed E-state index contributed by atoms with van der Waals surface area (Å²) in [6, 6.07) is 12.8. The first kappa shape index (κ1) is 17.7. The molecule has 5 rings (SSSR count). The Morgan fingerprint density at radius 1 is 1.03 bits per heavy atom. The maximum atomic E-state index is 13.0. The molecule has 2 aromatic carbocycles. The molecule has 1 fully saturated rings. The fraction of sp³-hybridized carbons (Fsp3) is 0.333. The van der Waals surface area contributed by atoms with Gasteiger partial charge in [-0.15, -0.1) is 0 Å². The van der Waals surface area contributed by atoms with Crippen LogP contribution in [0.4, 0.5) is 0 Å². The lowest BCUT2D eigenvalue weighted by atomic mass is 9.90. The van der Waals surface area contributed by atoms with Gasteiger partial charge in [-0.05, 0) is 43.2 Å². The monoisotopic (exact) mass is 392 g/mol. The molecule has 2 aliphatic heterocycles. The lowest BCUT2D eigenvalue weighted by Gasteiger charge is -2.32. The van der Waals surface area contributed by atoms with Crippen LogP contribution < -0.4 is 9.47 Å². The van der Waals surface area contributed by atoms with Gasteiger partial charge in [-0.1, -0.05) is 12.1 Å². The number of likely N-dealkylation sites (tertiary alicyclic amines) is 1. The Morgan fingerprint density at radius 3 is 2.59 bits per heavy atom. The molecule has 3 aromatic rings. The van der Waals surface area contributed by atoms with Crippen LogP contribution in [0.3, 0.4) is 0 Å². The highest BCUT2D eigenvalue weighted by atomic mass is 16.7. The molecule has 8 nitrogen and oxygen atoms in total. The lowest BCUT2D eigenvalue weighted by Crippen LogP contribution is -2.43. The van der Waals surface area contributed by atoms with E-state index >= 15 is 0 Å². The molecular formula is C21H20N4O4. The molecule has 3 heterocycles. The SMILES string of the molecule is O=C(c1ccc2c(c1)OCO2)C1CCCN(C(=O)Cn2nc3ccccc3n2)C1. The van der Waals surface area contributed by atoms with Crippen LogP contribution in [0.5, 0.6) is 11.5 Å². The molecule has 29 heavy (non-hydrogen) atoms. The molecule has 1 atom stereocenters. The first-order valence-electron chi connectivity index (χ1n) is 9.69. The van der Waals surface area contributed by atoms with Crippen molar-refractivity contribution in [1.82, 2.24) is 19.9 Å². The van der Waals surface area contributed by atoms with Gasteiger partial charge >= 0.3 is 0 Å². The summed E-state index contributed by atoms with van der Waals surface area (Å²) in [5.74, 6) is 0.979. The molecule has 0 saturated carbocycles. The van der Waals surface area contributed by atoms with Gasteiger partial charge in [0.05, 0.1) is 0 Å². The van der Waals surface area contributed by atoms with Gasteiger partial charge in [-0.3, -0.25) is 9.59 Å². The second-order valence-electron chi connectivity index (χ2n) is 7.33. The van der Waals surface area contributed by atoms with Crippen molar-refractivity contribution in [1.29, 1.82) is 0 Å². The van der Waals surface area contributed by atoms with Crippen molar-refractivity contribution in [2.75, 3.05) is 19.9 Å².